The molecule has 0 heterocycles. The van der Waals surface area contributed by atoms with Crippen LogP contribution in [0.15, 0.2) is 59.6 Å². The van der Waals surface area contributed by atoms with Gasteiger partial charge in [0.05, 0.1) is 0 Å². The lowest BCUT2D eigenvalue weighted by atomic mass is 10.2. The minimum atomic E-state index is 0.488. The third-order valence-corrected chi connectivity index (χ3v) is 2.50. The molecule has 0 aliphatic heterocycles. The zero-order chi connectivity index (χ0) is 12.6. The maximum atomic E-state index is 5.88. The summed E-state index contributed by atoms with van der Waals surface area (Å²) in [5.41, 5.74) is 2.00. The Bertz CT molecular complexity index is 591. The zero-order valence-corrected chi connectivity index (χ0v) is 10.6. The Morgan fingerprint density at radius 2 is 1.89 bits per heavy atom. The first-order valence-corrected chi connectivity index (χ1v) is 6.02. The summed E-state index contributed by atoms with van der Waals surface area (Å²) in [7, 11) is 0. The molecule has 88 valence electrons. The SMILES string of the molecule is Clc1cccc(/C=N/CC#Cc2ccccc2)c1. The van der Waals surface area contributed by atoms with E-state index in [0.29, 0.717) is 11.6 Å². The molecule has 2 aromatic carbocycles. The summed E-state index contributed by atoms with van der Waals surface area (Å²) in [6, 6.07) is 17.4. The Labute approximate surface area is 112 Å². The second kappa shape index (κ2) is 6.64. The normalized spacial score (nSPS) is 10.1. The predicted molar refractivity (Wildman–Crippen MR) is 77.2 cm³/mol. The maximum Gasteiger partial charge on any atom is 0.100 e. The van der Waals surface area contributed by atoms with E-state index in [9.17, 15) is 0 Å². The molecule has 0 saturated carbocycles. The molecule has 0 aliphatic rings. The molecule has 18 heavy (non-hydrogen) atoms. The molecule has 0 bridgehead atoms. The number of rotatable bonds is 2. The van der Waals surface area contributed by atoms with Crippen LogP contribution in [-0.2, 0) is 0 Å². The second-order valence-electron chi connectivity index (χ2n) is 3.69. The van der Waals surface area contributed by atoms with Crippen molar-refractivity contribution in [1.29, 1.82) is 0 Å². The first-order chi connectivity index (χ1) is 8.84. The van der Waals surface area contributed by atoms with E-state index in [4.69, 9.17) is 11.6 Å². The van der Waals surface area contributed by atoms with Gasteiger partial charge in [-0.3, -0.25) is 4.99 Å². The van der Waals surface area contributed by atoms with Gasteiger partial charge in [-0.15, -0.1) is 0 Å². The lowest BCUT2D eigenvalue weighted by molar-refractivity contribution is 1.30. The lowest BCUT2D eigenvalue weighted by Gasteiger charge is -1.92. The molecule has 0 amide bonds. The summed E-state index contributed by atoms with van der Waals surface area (Å²) >= 11 is 5.88. The number of halogens is 1. The van der Waals surface area contributed by atoms with Crippen LogP contribution >= 0.6 is 11.6 Å². The summed E-state index contributed by atoms with van der Waals surface area (Å²) in [5.74, 6) is 6.06. The predicted octanol–water partition coefficient (Wildman–Crippen LogP) is 3.81. The largest absolute Gasteiger partial charge is 0.280 e. The van der Waals surface area contributed by atoms with Crippen molar-refractivity contribution in [2.75, 3.05) is 6.54 Å². The van der Waals surface area contributed by atoms with Crippen molar-refractivity contribution in [3.63, 3.8) is 0 Å². The van der Waals surface area contributed by atoms with Crippen molar-refractivity contribution in [1.82, 2.24) is 0 Å². The van der Waals surface area contributed by atoms with Crippen LogP contribution in [0.4, 0.5) is 0 Å². The van der Waals surface area contributed by atoms with Gasteiger partial charge >= 0.3 is 0 Å². The molecule has 0 fully saturated rings. The van der Waals surface area contributed by atoms with E-state index in [1.54, 1.807) is 6.21 Å². The molecule has 2 heteroatoms. The Morgan fingerprint density at radius 1 is 1.06 bits per heavy atom. The van der Waals surface area contributed by atoms with E-state index in [0.717, 1.165) is 11.1 Å². The lowest BCUT2D eigenvalue weighted by Crippen LogP contribution is -1.82. The number of benzene rings is 2. The average molecular weight is 254 g/mol. The fourth-order valence-corrected chi connectivity index (χ4v) is 1.65. The van der Waals surface area contributed by atoms with Crippen LogP contribution in [0, 0.1) is 11.8 Å². The Balaban J connectivity index is 1.91. The molecular weight excluding hydrogens is 242 g/mol. The first kappa shape index (κ1) is 12.4. The topological polar surface area (TPSA) is 12.4 Å². The Hall–Kier alpha value is -2.04. The van der Waals surface area contributed by atoms with Crippen LogP contribution in [0.5, 0.6) is 0 Å². The van der Waals surface area contributed by atoms with Crippen molar-refractivity contribution in [2.24, 2.45) is 4.99 Å². The summed E-state index contributed by atoms with van der Waals surface area (Å²) in [5, 5.41) is 0.717. The molecule has 0 aliphatic carbocycles. The van der Waals surface area contributed by atoms with E-state index in [1.165, 1.54) is 0 Å². The van der Waals surface area contributed by atoms with Gasteiger partial charge in [0.1, 0.15) is 6.54 Å². The highest BCUT2D eigenvalue weighted by molar-refractivity contribution is 6.30. The molecule has 0 saturated heterocycles. The number of hydrogen-bond donors (Lipinski definition) is 0. The third-order valence-electron chi connectivity index (χ3n) is 2.27. The van der Waals surface area contributed by atoms with Crippen molar-refractivity contribution in [3.05, 3.63) is 70.7 Å². The van der Waals surface area contributed by atoms with Crippen LogP contribution in [0.2, 0.25) is 5.02 Å². The summed E-state index contributed by atoms with van der Waals surface area (Å²) in [6.45, 7) is 0.488. The standard InChI is InChI=1S/C16H12ClN/c17-16-10-4-8-15(12-16)13-18-11-5-9-14-6-2-1-3-7-14/h1-4,6-8,10,12-13H,11H2/b18-13+. The summed E-state index contributed by atoms with van der Waals surface area (Å²) in [4.78, 5) is 4.24. The molecule has 1 nitrogen and oxygen atoms in total. The molecule has 0 unspecified atom stereocenters. The van der Waals surface area contributed by atoms with Gasteiger partial charge in [-0.25, -0.2) is 0 Å². The van der Waals surface area contributed by atoms with Crippen LogP contribution < -0.4 is 0 Å². The van der Waals surface area contributed by atoms with Crippen LogP contribution in [0.1, 0.15) is 11.1 Å². The molecule has 0 spiro atoms. The monoisotopic (exact) mass is 253 g/mol. The van der Waals surface area contributed by atoms with Gasteiger partial charge in [-0.05, 0) is 29.8 Å². The minimum Gasteiger partial charge on any atom is -0.280 e. The van der Waals surface area contributed by atoms with E-state index in [1.807, 2.05) is 54.6 Å². The van der Waals surface area contributed by atoms with Crippen molar-refractivity contribution >= 4 is 17.8 Å². The van der Waals surface area contributed by atoms with Crippen LogP contribution in [0.25, 0.3) is 0 Å². The first-order valence-electron chi connectivity index (χ1n) is 5.64. The Kier molecular flexibility index (Phi) is 4.58. The minimum absolute atomic E-state index is 0.488. The van der Waals surface area contributed by atoms with E-state index >= 15 is 0 Å². The molecule has 0 aromatic heterocycles. The molecule has 0 N–H and O–H groups in total. The molecular formula is C16H12ClN. The van der Waals surface area contributed by atoms with Gasteiger partial charge in [0.15, 0.2) is 0 Å². The smallest absolute Gasteiger partial charge is 0.100 e. The highest BCUT2D eigenvalue weighted by Gasteiger charge is 1.88. The van der Waals surface area contributed by atoms with E-state index in [2.05, 4.69) is 16.8 Å². The van der Waals surface area contributed by atoms with Crippen LogP contribution in [0.3, 0.4) is 0 Å². The van der Waals surface area contributed by atoms with Gasteiger partial charge in [0.25, 0.3) is 0 Å². The average Bonchev–Trinajstić information content (AvgIpc) is 2.40. The third kappa shape index (κ3) is 4.08. The van der Waals surface area contributed by atoms with Crippen molar-refractivity contribution < 1.29 is 0 Å². The second-order valence-corrected chi connectivity index (χ2v) is 4.13. The van der Waals surface area contributed by atoms with E-state index < -0.39 is 0 Å². The highest BCUT2D eigenvalue weighted by atomic mass is 35.5. The van der Waals surface area contributed by atoms with Gasteiger partial charge in [-0.2, -0.15) is 0 Å². The zero-order valence-electron chi connectivity index (χ0n) is 9.81. The van der Waals surface area contributed by atoms with Crippen LogP contribution in [-0.4, -0.2) is 12.8 Å². The molecule has 0 radical (unpaired) electrons. The summed E-state index contributed by atoms with van der Waals surface area (Å²) < 4.78 is 0. The number of aliphatic imine (C=N–C) groups is 1. The van der Waals surface area contributed by atoms with Gasteiger partial charge in [-0.1, -0.05) is 53.8 Å². The van der Waals surface area contributed by atoms with Gasteiger partial charge < -0.3 is 0 Å². The fourth-order valence-electron chi connectivity index (χ4n) is 1.45. The summed E-state index contributed by atoms with van der Waals surface area (Å²) in [6.07, 6.45) is 1.78. The molecule has 0 atom stereocenters. The number of hydrogen-bond acceptors (Lipinski definition) is 1. The molecule has 2 aromatic rings. The van der Waals surface area contributed by atoms with Gasteiger partial charge in [0, 0.05) is 16.8 Å². The van der Waals surface area contributed by atoms with Crippen molar-refractivity contribution in [3.8, 4) is 11.8 Å². The van der Waals surface area contributed by atoms with E-state index in [-0.39, 0.29) is 0 Å². The van der Waals surface area contributed by atoms with Crippen molar-refractivity contribution in [2.45, 2.75) is 0 Å². The molecule has 2 rings (SSSR count). The highest BCUT2D eigenvalue weighted by Crippen LogP contribution is 2.08. The maximum absolute atomic E-state index is 5.88. The quantitative estimate of drug-likeness (QED) is 0.570. The number of nitrogens with zero attached hydrogens (tertiary/aromatic N) is 1. The Morgan fingerprint density at radius 3 is 2.67 bits per heavy atom. The van der Waals surface area contributed by atoms with Gasteiger partial charge in [0.2, 0.25) is 0 Å². The fraction of sp³-hybridized carbons (Fsp3) is 0.0625.